The molecule has 0 spiro atoms. The summed E-state index contributed by atoms with van der Waals surface area (Å²) >= 11 is 0. The second-order valence-electron chi connectivity index (χ2n) is 9.08. The van der Waals surface area contributed by atoms with Gasteiger partial charge in [-0.15, -0.1) is 0 Å². The monoisotopic (exact) mass is 351 g/mol. The molecule has 2 fully saturated rings. The zero-order valence-corrected chi connectivity index (χ0v) is 16.2. The molecule has 4 aliphatic carbocycles. The zero-order valence-electron chi connectivity index (χ0n) is 16.2. The highest BCUT2D eigenvalue weighted by atomic mass is 16.1. The Bertz CT molecular complexity index is 808. The third-order valence-electron chi connectivity index (χ3n) is 7.94. The van der Waals surface area contributed by atoms with Gasteiger partial charge in [-0.3, -0.25) is 9.59 Å². The second kappa shape index (κ2) is 5.84. The largest absolute Gasteiger partial charge is 0.396 e. The Morgan fingerprint density at radius 3 is 2.58 bits per heavy atom. The Morgan fingerprint density at radius 2 is 1.85 bits per heavy atom. The van der Waals surface area contributed by atoms with E-state index in [2.05, 4.69) is 38.7 Å². The van der Waals surface area contributed by atoms with Crippen molar-refractivity contribution < 1.29 is 9.59 Å². The molecule has 0 saturated heterocycles. The smallest absolute Gasteiger partial charge is 0.178 e. The summed E-state index contributed by atoms with van der Waals surface area (Å²) in [4.78, 5) is 24.9. The molecule has 0 bridgehead atoms. The third-order valence-corrected chi connectivity index (χ3v) is 7.94. The van der Waals surface area contributed by atoms with Crippen molar-refractivity contribution in [1.82, 2.24) is 0 Å². The number of ketones is 2. The lowest BCUT2D eigenvalue weighted by atomic mass is 9.47. The van der Waals surface area contributed by atoms with E-state index >= 15 is 0 Å². The number of hydrogen-bond donors (Lipinski definition) is 1. The number of allylic oxidation sites excluding steroid dienone is 4. The van der Waals surface area contributed by atoms with Crippen LogP contribution in [0.3, 0.4) is 0 Å². The molecule has 26 heavy (non-hydrogen) atoms. The maximum Gasteiger partial charge on any atom is 0.178 e. The van der Waals surface area contributed by atoms with Gasteiger partial charge in [0, 0.05) is 30.3 Å². The lowest BCUT2D eigenvalue weighted by molar-refractivity contribution is -0.130. The topological polar surface area (TPSA) is 60.2 Å². The summed E-state index contributed by atoms with van der Waals surface area (Å²) in [6, 6.07) is 0. The number of carbonyl (C=O) groups is 2. The van der Waals surface area contributed by atoms with E-state index in [1.54, 1.807) is 0 Å². The van der Waals surface area contributed by atoms with Crippen LogP contribution in [0, 0.1) is 40.4 Å². The summed E-state index contributed by atoms with van der Waals surface area (Å²) < 4.78 is 0. The third kappa shape index (κ3) is 2.20. The predicted molar refractivity (Wildman–Crippen MR) is 102 cm³/mol. The first-order chi connectivity index (χ1) is 12.3. The van der Waals surface area contributed by atoms with Gasteiger partial charge >= 0.3 is 0 Å². The summed E-state index contributed by atoms with van der Waals surface area (Å²) in [7, 11) is 0. The van der Waals surface area contributed by atoms with Crippen molar-refractivity contribution in [3.63, 3.8) is 0 Å². The first kappa shape index (κ1) is 17.6. The molecule has 0 aromatic carbocycles. The normalized spacial score (nSPS) is 41.7. The molecule has 5 atom stereocenters. The van der Waals surface area contributed by atoms with Gasteiger partial charge in [0.25, 0.3) is 0 Å². The predicted octanol–water partition coefficient (Wildman–Crippen LogP) is 3.93. The van der Waals surface area contributed by atoms with Crippen LogP contribution in [0.15, 0.2) is 22.9 Å². The lowest BCUT2D eigenvalue weighted by Gasteiger charge is -2.55. The Labute approximate surface area is 156 Å². The molecule has 0 heterocycles. The van der Waals surface area contributed by atoms with Crippen LogP contribution < -0.4 is 5.73 Å². The fourth-order valence-corrected chi connectivity index (χ4v) is 6.35. The minimum atomic E-state index is -0.193. The summed E-state index contributed by atoms with van der Waals surface area (Å²) in [5.41, 5.74) is 8.60. The van der Waals surface area contributed by atoms with Crippen LogP contribution in [0.2, 0.25) is 0 Å². The molecule has 138 valence electrons. The Hall–Kier alpha value is -1.82. The molecule has 0 radical (unpaired) electrons. The summed E-state index contributed by atoms with van der Waals surface area (Å²) in [5, 5.41) is 0. The quantitative estimate of drug-likeness (QED) is 0.673. The molecular formula is C23H29NO2. The van der Waals surface area contributed by atoms with Crippen molar-refractivity contribution in [1.29, 1.82) is 0 Å². The van der Waals surface area contributed by atoms with E-state index in [9.17, 15) is 9.59 Å². The average molecular weight is 351 g/mol. The van der Waals surface area contributed by atoms with Crippen LogP contribution in [0.25, 0.3) is 0 Å². The Morgan fingerprint density at radius 1 is 1.12 bits per heavy atom. The number of nitrogens with two attached hydrogens (primary N) is 1. The van der Waals surface area contributed by atoms with Gasteiger partial charge < -0.3 is 5.73 Å². The van der Waals surface area contributed by atoms with Gasteiger partial charge in [0.2, 0.25) is 0 Å². The van der Waals surface area contributed by atoms with E-state index in [4.69, 9.17) is 5.73 Å². The number of fused-ring (bicyclic) bond motifs is 5. The lowest BCUT2D eigenvalue weighted by Crippen LogP contribution is -2.51. The molecular weight excluding hydrogens is 322 g/mol. The molecule has 0 aromatic rings. The minimum Gasteiger partial charge on any atom is -0.396 e. The highest BCUT2D eigenvalue weighted by Gasteiger charge is 2.60. The first-order valence-electron chi connectivity index (χ1n) is 10.1. The van der Waals surface area contributed by atoms with Crippen molar-refractivity contribution >= 4 is 11.6 Å². The van der Waals surface area contributed by atoms with E-state index < -0.39 is 0 Å². The Balaban J connectivity index is 1.90. The summed E-state index contributed by atoms with van der Waals surface area (Å²) in [6.45, 7) is 6.53. The highest BCUT2D eigenvalue weighted by molar-refractivity contribution is 5.97. The van der Waals surface area contributed by atoms with E-state index in [0.717, 1.165) is 43.3 Å². The maximum absolute atomic E-state index is 12.7. The average Bonchev–Trinajstić information content (AvgIpc) is 2.92. The van der Waals surface area contributed by atoms with Crippen molar-refractivity contribution in [2.75, 3.05) is 0 Å². The molecule has 3 nitrogen and oxygen atoms in total. The number of carbonyl (C=O) groups excluding carboxylic acids is 2. The SMILES string of the molecule is CCC#CC1=CC2=C(N)C(=O)CC[C@]2(C)[C@H]2CC[C@]3(C)C(=O)CC[C@H]3[C@H]12. The van der Waals surface area contributed by atoms with Crippen LogP contribution in [0.1, 0.15) is 65.7 Å². The van der Waals surface area contributed by atoms with Crippen molar-refractivity contribution in [3.05, 3.63) is 22.9 Å². The number of Topliss-reactive ketones (excluding diaryl/α,β-unsaturated/α-hetero) is 2. The molecule has 4 rings (SSSR count). The van der Waals surface area contributed by atoms with Crippen LogP contribution in [-0.4, -0.2) is 11.6 Å². The first-order valence-corrected chi connectivity index (χ1v) is 10.1. The number of hydrogen-bond acceptors (Lipinski definition) is 3. The summed E-state index contributed by atoms with van der Waals surface area (Å²) in [5.74, 6) is 8.29. The van der Waals surface area contributed by atoms with Crippen LogP contribution in [0.4, 0.5) is 0 Å². The minimum absolute atomic E-state index is 0.0625. The number of rotatable bonds is 0. The fraction of sp³-hybridized carbons (Fsp3) is 0.652. The van der Waals surface area contributed by atoms with Crippen LogP contribution >= 0.6 is 0 Å². The molecule has 2 N–H and O–H groups in total. The molecule has 0 amide bonds. The molecule has 0 aliphatic heterocycles. The van der Waals surface area contributed by atoms with Crippen molar-refractivity contribution in [2.45, 2.75) is 65.7 Å². The van der Waals surface area contributed by atoms with Gasteiger partial charge in [0.15, 0.2) is 5.78 Å². The summed E-state index contributed by atoms with van der Waals surface area (Å²) in [6.07, 6.45) is 8.01. The van der Waals surface area contributed by atoms with E-state index in [-0.39, 0.29) is 16.6 Å². The highest BCUT2D eigenvalue weighted by Crippen LogP contribution is 2.64. The van der Waals surface area contributed by atoms with Gasteiger partial charge in [-0.2, -0.15) is 0 Å². The van der Waals surface area contributed by atoms with Gasteiger partial charge in [-0.25, -0.2) is 0 Å². The Kier molecular flexibility index (Phi) is 3.95. The van der Waals surface area contributed by atoms with E-state index in [0.29, 0.717) is 42.1 Å². The zero-order chi connectivity index (χ0) is 18.7. The van der Waals surface area contributed by atoms with Gasteiger partial charge in [-0.1, -0.05) is 32.6 Å². The standard InChI is InChI=1S/C23H29NO2/c1-4-5-6-14-13-17-21(24)18(25)10-12-22(17,2)16-9-11-23(3)15(20(14)16)7-8-19(23)26/h13,15-16,20H,4,7-12,24H2,1-3H3/t15-,16-,20-,22+,23-/m0/s1. The van der Waals surface area contributed by atoms with Crippen LogP contribution in [-0.2, 0) is 9.59 Å². The molecule has 0 unspecified atom stereocenters. The maximum atomic E-state index is 12.7. The fourth-order valence-electron chi connectivity index (χ4n) is 6.35. The van der Waals surface area contributed by atoms with Gasteiger partial charge in [0.05, 0.1) is 5.70 Å². The molecule has 0 aromatic heterocycles. The van der Waals surface area contributed by atoms with Crippen molar-refractivity contribution in [3.8, 4) is 11.8 Å². The molecule has 3 heteroatoms. The second-order valence-corrected chi connectivity index (χ2v) is 9.08. The molecule has 2 saturated carbocycles. The van der Waals surface area contributed by atoms with Gasteiger partial charge in [-0.05, 0) is 60.5 Å². The van der Waals surface area contributed by atoms with E-state index in [1.807, 2.05) is 0 Å². The molecule has 4 aliphatic rings. The van der Waals surface area contributed by atoms with Gasteiger partial charge in [0.1, 0.15) is 5.78 Å². The van der Waals surface area contributed by atoms with Crippen LogP contribution in [0.5, 0.6) is 0 Å². The van der Waals surface area contributed by atoms with Crippen molar-refractivity contribution in [2.24, 2.45) is 34.3 Å². The van der Waals surface area contributed by atoms with E-state index in [1.165, 1.54) is 0 Å².